The van der Waals surface area contributed by atoms with Crippen LogP contribution in [0, 0.1) is 0 Å². The number of benzene rings is 1. The summed E-state index contributed by atoms with van der Waals surface area (Å²) in [5.74, 6) is -1.68. The maximum atomic E-state index is 12.7. The highest BCUT2D eigenvalue weighted by Gasteiger charge is 2.46. The summed E-state index contributed by atoms with van der Waals surface area (Å²) >= 11 is 0. The molecule has 2 amide bonds. The van der Waals surface area contributed by atoms with Crippen molar-refractivity contribution < 1.29 is 27.8 Å². The summed E-state index contributed by atoms with van der Waals surface area (Å²) in [6.45, 7) is 0.149. The van der Waals surface area contributed by atoms with Crippen LogP contribution in [0.15, 0.2) is 30.7 Å². The highest BCUT2D eigenvalue weighted by atomic mass is 19.3. The van der Waals surface area contributed by atoms with Gasteiger partial charge in [-0.15, -0.1) is 0 Å². The van der Waals surface area contributed by atoms with E-state index in [9.17, 15) is 18.4 Å². The average molecular weight is 299 g/mol. The number of hydrogen-bond donors (Lipinski definition) is 3. The number of nitrogens with two attached hydrogens (primary N) is 1. The molecule has 0 saturated carbocycles. The number of rotatable bonds is 0. The molecule has 1 aromatic carbocycles. The second-order valence-electron chi connectivity index (χ2n) is 4.01. The first-order chi connectivity index (χ1) is 9.88. The molecule has 0 spiro atoms. The van der Waals surface area contributed by atoms with Crippen LogP contribution in [-0.2, 0) is 14.3 Å². The first kappa shape index (κ1) is 14.6. The highest BCUT2D eigenvalue weighted by molar-refractivity contribution is 5.99. The average Bonchev–Trinajstić information content (AvgIpc) is 2.42. The van der Waals surface area contributed by atoms with Crippen LogP contribution in [0.1, 0.15) is 0 Å². The first-order valence-corrected chi connectivity index (χ1v) is 5.72. The van der Waals surface area contributed by atoms with E-state index < -0.39 is 12.0 Å². The molecular weight excluding hydrogens is 288 g/mol. The van der Waals surface area contributed by atoms with Gasteiger partial charge in [0.15, 0.2) is 12.4 Å². The number of anilines is 2. The van der Waals surface area contributed by atoms with Gasteiger partial charge in [0.2, 0.25) is 0 Å². The van der Waals surface area contributed by atoms with E-state index in [1.807, 2.05) is 5.32 Å². The number of ether oxygens (including phenoxy) is 2. The number of fused-ring (bicyclic) bond motifs is 1. The van der Waals surface area contributed by atoms with Gasteiger partial charge in [-0.25, -0.2) is 0 Å². The molecule has 112 valence electrons. The van der Waals surface area contributed by atoms with Crippen LogP contribution in [0.25, 0.3) is 0 Å². The molecule has 4 N–H and O–H groups in total. The Morgan fingerprint density at radius 2 is 2.05 bits per heavy atom. The number of carbonyl (C=O) groups is 2. The maximum absolute atomic E-state index is 12.7. The number of halogens is 2. The summed E-state index contributed by atoms with van der Waals surface area (Å²) in [4.78, 5) is 20.9. The quantitative estimate of drug-likeness (QED) is 0.615. The molecule has 2 aliphatic rings. The Labute approximate surface area is 117 Å². The van der Waals surface area contributed by atoms with Gasteiger partial charge in [-0.2, -0.15) is 8.78 Å². The third kappa shape index (κ3) is 3.59. The van der Waals surface area contributed by atoms with Crippen molar-refractivity contribution in [1.29, 1.82) is 0 Å². The maximum Gasteiger partial charge on any atom is 0.482 e. The number of amides is 2. The molecule has 0 saturated heterocycles. The van der Waals surface area contributed by atoms with E-state index >= 15 is 0 Å². The fraction of sp³-hybridized carbons (Fsp3) is 0.167. The normalized spacial score (nSPS) is 18.0. The van der Waals surface area contributed by atoms with Crippen molar-refractivity contribution in [3.8, 4) is 5.75 Å². The molecule has 7 nitrogen and oxygen atoms in total. The summed E-state index contributed by atoms with van der Waals surface area (Å²) in [6.07, 6.45) is -0.906. The van der Waals surface area contributed by atoms with Crippen molar-refractivity contribution in [3.05, 3.63) is 30.7 Å². The molecule has 0 unspecified atom stereocenters. The molecule has 21 heavy (non-hydrogen) atoms. The lowest BCUT2D eigenvalue weighted by molar-refractivity contribution is -0.189. The number of alkyl halides is 2. The number of hydrogen-bond acceptors (Lipinski definition) is 5. The van der Waals surface area contributed by atoms with E-state index in [1.54, 1.807) is 0 Å². The number of nitrogen functional groups attached to an aromatic ring is 1. The summed E-state index contributed by atoms with van der Waals surface area (Å²) in [5.41, 5.74) is 5.91. The van der Waals surface area contributed by atoms with Crippen molar-refractivity contribution in [2.75, 3.05) is 17.7 Å². The zero-order valence-electron chi connectivity index (χ0n) is 10.6. The van der Waals surface area contributed by atoms with Gasteiger partial charge in [-0.1, -0.05) is 0 Å². The minimum absolute atomic E-state index is 0.0937. The van der Waals surface area contributed by atoms with E-state index in [0.29, 0.717) is 5.69 Å². The second kappa shape index (κ2) is 5.65. The Morgan fingerprint density at radius 1 is 1.29 bits per heavy atom. The highest BCUT2D eigenvalue weighted by Crippen LogP contribution is 2.36. The van der Waals surface area contributed by atoms with Crippen LogP contribution in [-0.4, -0.2) is 24.5 Å². The first-order valence-electron chi connectivity index (χ1n) is 5.72. The van der Waals surface area contributed by atoms with Crippen LogP contribution in [0.4, 0.5) is 20.2 Å². The molecule has 1 aromatic rings. The lowest BCUT2D eigenvalue weighted by atomic mass is 10.2. The van der Waals surface area contributed by atoms with Crippen molar-refractivity contribution in [1.82, 2.24) is 5.32 Å². The lowest BCUT2D eigenvalue weighted by Crippen LogP contribution is -2.43. The van der Waals surface area contributed by atoms with Gasteiger partial charge in [0, 0.05) is 11.9 Å². The van der Waals surface area contributed by atoms with E-state index in [-0.39, 0.29) is 24.0 Å². The monoisotopic (exact) mass is 299 g/mol. The predicted molar refractivity (Wildman–Crippen MR) is 68.3 cm³/mol. The molecule has 0 atom stereocenters. The Morgan fingerprint density at radius 3 is 2.62 bits per heavy atom. The number of nitrogens with one attached hydrogen (secondary N) is 2. The van der Waals surface area contributed by atoms with Crippen molar-refractivity contribution in [2.45, 2.75) is 6.11 Å². The van der Waals surface area contributed by atoms with Crippen LogP contribution in [0.5, 0.6) is 5.75 Å². The zero-order chi connectivity index (χ0) is 15.5. The van der Waals surface area contributed by atoms with Gasteiger partial charge < -0.3 is 25.8 Å². The smallest absolute Gasteiger partial charge is 0.482 e. The fourth-order valence-corrected chi connectivity index (χ4v) is 1.45. The molecule has 2 heterocycles. The molecule has 0 bridgehead atoms. The van der Waals surface area contributed by atoms with Crippen LogP contribution < -0.4 is 21.1 Å². The molecule has 9 heteroatoms. The molecule has 0 aliphatic carbocycles. The van der Waals surface area contributed by atoms with Gasteiger partial charge >= 0.3 is 12.0 Å². The topological polar surface area (TPSA) is 103 Å². The fourth-order valence-electron chi connectivity index (χ4n) is 1.45. The molecular formula is C12H11F2N3O4. The summed E-state index contributed by atoms with van der Waals surface area (Å²) in [6, 6.07) is 4.03. The van der Waals surface area contributed by atoms with E-state index in [1.165, 1.54) is 30.7 Å². The van der Waals surface area contributed by atoms with Crippen LogP contribution >= 0.6 is 0 Å². The summed E-state index contributed by atoms with van der Waals surface area (Å²) in [7, 11) is 0. The Kier molecular flexibility index (Phi) is 3.92. The SMILES string of the molecule is Nc1ccc2c(c1)NC(=O)C(F)(F)O2.O=C1COC=CN1. The largest absolute Gasteiger partial charge is 0.490 e. The predicted octanol–water partition coefficient (Wildman–Crippen LogP) is 0.797. The van der Waals surface area contributed by atoms with Gasteiger partial charge in [0.05, 0.1) is 11.9 Å². The van der Waals surface area contributed by atoms with E-state index in [2.05, 4.69) is 14.8 Å². The lowest BCUT2D eigenvalue weighted by Gasteiger charge is -2.24. The van der Waals surface area contributed by atoms with E-state index in [4.69, 9.17) is 5.73 Å². The second-order valence-corrected chi connectivity index (χ2v) is 4.01. The third-order valence-electron chi connectivity index (χ3n) is 2.38. The van der Waals surface area contributed by atoms with Gasteiger partial charge in [0.25, 0.3) is 5.91 Å². The van der Waals surface area contributed by atoms with Crippen LogP contribution in [0.3, 0.4) is 0 Å². The molecule has 0 radical (unpaired) electrons. The van der Waals surface area contributed by atoms with Gasteiger partial charge in [0.1, 0.15) is 0 Å². The molecule has 2 aliphatic heterocycles. The molecule has 3 rings (SSSR count). The summed E-state index contributed by atoms with van der Waals surface area (Å²) < 4.78 is 34.2. The summed E-state index contributed by atoms with van der Waals surface area (Å²) in [5, 5.41) is 4.43. The standard InChI is InChI=1S/C8H6F2N2O2.C4H5NO2/c9-8(10)7(13)12-5-3-4(11)1-2-6(5)14-8;6-4-3-7-2-1-5-4/h1-3H,11H2,(H,12,13);1-2H,3H2,(H,5,6). The Balaban J connectivity index is 0.000000194. The van der Waals surface area contributed by atoms with E-state index in [0.717, 1.165) is 0 Å². The molecule has 0 fully saturated rings. The van der Waals surface area contributed by atoms with Crippen molar-refractivity contribution in [2.24, 2.45) is 0 Å². The minimum Gasteiger partial charge on any atom is -0.490 e. The van der Waals surface area contributed by atoms with Gasteiger partial charge in [-0.05, 0) is 18.2 Å². The number of carbonyl (C=O) groups excluding carboxylic acids is 2. The Bertz CT molecular complexity index is 604. The zero-order valence-corrected chi connectivity index (χ0v) is 10.6. The van der Waals surface area contributed by atoms with Crippen LogP contribution in [0.2, 0.25) is 0 Å². The van der Waals surface area contributed by atoms with Crippen molar-refractivity contribution in [3.63, 3.8) is 0 Å². The van der Waals surface area contributed by atoms with Gasteiger partial charge in [-0.3, -0.25) is 9.59 Å². The Hall–Kier alpha value is -2.84. The van der Waals surface area contributed by atoms with Crippen molar-refractivity contribution >= 4 is 23.2 Å². The molecule has 0 aromatic heterocycles. The third-order valence-corrected chi connectivity index (χ3v) is 2.38. The minimum atomic E-state index is -3.82.